The lowest BCUT2D eigenvalue weighted by atomic mass is 10.1. The fraction of sp³-hybridized carbons (Fsp3) is 0.286. The Balaban J connectivity index is 2.03. The zero-order valence-electron chi connectivity index (χ0n) is 10.0. The van der Waals surface area contributed by atoms with E-state index in [1.165, 1.54) is 24.1 Å². The number of aryl methyl sites for hydroxylation is 1. The van der Waals surface area contributed by atoms with Gasteiger partial charge >= 0.3 is 0 Å². The highest BCUT2D eigenvalue weighted by Crippen LogP contribution is 2.31. The van der Waals surface area contributed by atoms with Gasteiger partial charge in [-0.05, 0) is 43.0 Å². The molecule has 1 aromatic carbocycles. The fourth-order valence-corrected chi connectivity index (χ4v) is 2.48. The van der Waals surface area contributed by atoms with E-state index >= 15 is 0 Å². The SMILES string of the molecule is Clc1ccc(N2CCCCc3ccccc32)nn1. The Morgan fingerprint density at radius 2 is 1.89 bits per heavy atom. The van der Waals surface area contributed by atoms with E-state index < -0.39 is 0 Å². The standard InChI is InChI=1S/C14H14ClN3/c15-13-8-9-14(17-16-13)18-10-4-3-6-11-5-1-2-7-12(11)18/h1-2,5,7-9H,3-4,6,10H2. The fourth-order valence-electron chi connectivity index (χ4n) is 2.38. The maximum atomic E-state index is 5.79. The number of para-hydroxylation sites is 1. The monoisotopic (exact) mass is 259 g/mol. The third-order valence-electron chi connectivity index (χ3n) is 3.25. The Hall–Kier alpha value is -1.61. The van der Waals surface area contributed by atoms with Crippen LogP contribution in [-0.2, 0) is 6.42 Å². The van der Waals surface area contributed by atoms with Crippen molar-refractivity contribution in [2.45, 2.75) is 19.3 Å². The van der Waals surface area contributed by atoms with Gasteiger partial charge in [-0.25, -0.2) is 0 Å². The van der Waals surface area contributed by atoms with Crippen molar-refractivity contribution >= 4 is 23.1 Å². The smallest absolute Gasteiger partial charge is 0.155 e. The number of fused-ring (bicyclic) bond motifs is 1. The number of halogens is 1. The van der Waals surface area contributed by atoms with Crippen LogP contribution in [0.1, 0.15) is 18.4 Å². The van der Waals surface area contributed by atoms with Crippen molar-refractivity contribution in [3.8, 4) is 0 Å². The van der Waals surface area contributed by atoms with Crippen LogP contribution >= 0.6 is 11.6 Å². The van der Waals surface area contributed by atoms with Gasteiger partial charge in [0.25, 0.3) is 0 Å². The van der Waals surface area contributed by atoms with E-state index in [1.54, 1.807) is 6.07 Å². The average molecular weight is 260 g/mol. The lowest BCUT2D eigenvalue weighted by Crippen LogP contribution is -2.19. The summed E-state index contributed by atoms with van der Waals surface area (Å²) < 4.78 is 0. The molecule has 0 spiro atoms. The molecular formula is C14H14ClN3. The van der Waals surface area contributed by atoms with Crippen molar-refractivity contribution in [3.05, 3.63) is 47.1 Å². The molecule has 3 nitrogen and oxygen atoms in total. The van der Waals surface area contributed by atoms with Gasteiger partial charge in [-0.1, -0.05) is 29.8 Å². The average Bonchev–Trinajstić information content (AvgIpc) is 2.62. The molecule has 0 unspecified atom stereocenters. The molecule has 0 bridgehead atoms. The maximum Gasteiger partial charge on any atom is 0.155 e. The minimum atomic E-state index is 0.432. The van der Waals surface area contributed by atoms with Crippen LogP contribution in [0.2, 0.25) is 5.15 Å². The highest BCUT2D eigenvalue weighted by atomic mass is 35.5. The molecule has 0 N–H and O–H groups in total. The van der Waals surface area contributed by atoms with Gasteiger partial charge < -0.3 is 4.90 Å². The molecule has 0 fully saturated rings. The summed E-state index contributed by atoms with van der Waals surface area (Å²) in [4.78, 5) is 2.23. The summed E-state index contributed by atoms with van der Waals surface area (Å²) >= 11 is 5.79. The number of aromatic nitrogens is 2. The second-order valence-electron chi connectivity index (χ2n) is 4.45. The minimum Gasteiger partial charge on any atom is -0.325 e. The second kappa shape index (κ2) is 4.94. The molecule has 0 atom stereocenters. The van der Waals surface area contributed by atoms with Crippen LogP contribution in [0, 0.1) is 0 Å². The normalized spacial score (nSPS) is 15.1. The summed E-state index contributed by atoms with van der Waals surface area (Å²) in [5.74, 6) is 0.869. The summed E-state index contributed by atoms with van der Waals surface area (Å²) in [6.07, 6.45) is 3.52. The Morgan fingerprint density at radius 3 is 2.72 bits per heavy atom. The summed E-state index contributed by atoms with van der Waals surface area (Å²) in [7, 11) is 0. The Kier molecular flexibility index (Phi) is 3.15. The first-order valence-electron chi connectivity index (χ1n) is 6.19. The van der Waals surface area contributed by atoms with Crippen LogP contribution in [-0.4, -0.2) is 16.7 Å². The number of nitrogens with zero attached hydrogens (tertiary/aromatic N) is 3. The van der Waals surface area contributed by atoms with E-state index in [-0.39, 0.29) is 0 Å². The van der Waals surface area contributed by atoms with Crippen LogP contribution in [0.3, 0.4) is 0 Å². The third-order valence-corrected chi connectivity index (χ3v) is 3.46. The van der Waals surface area contributed by atoms with E-state index in [9.17, 15) is 0 Å². The van der Waals surface area contributed by atoms with Gasteiger partial charge in [-0.15, -0.1) is 10.2 Å². The third kappa shape index (κ3) is 2.18. The van der Waals surface area contributed by atoms with Gasteiger partial charge in [0.05, 0.1) is 0 Å². The molecule has 4 heteroatoms. The highest BCUT2D eigenvalue weighted by Gasteiger charge is 2.17. The molecule has 3 rings (SSSR count). The quantitative estimate of drug-likeness (QED) is 0.784. The number of hydrogen-bond donors (Lipinski definition) is 0. The Labute approximate surface area is 111 Å². The largest absolute Gasteiger partial charge is 0.325 e. The van der Waals surface area contributed by atoms with E-state index in [0.717, 1.165) is 18.8 Å². The predicted molar refractivity (Wildman–Crippen MR) is 73.4 cm³/mol. The van der Waals surface area contributed by atoms with Crippen LogP contribution in [0.25, 0.3) is 0 Å². The van der Waals surface area contributed by atoms with Crippen LogP contribution < -0.4 is 4.90 Å². The van der Waals surface area contributed by atoms with Gasteiger partial charge in [0, 0.05) is 12.2 Å². The zero-order valence-corrected chi connectivity index (χ0v) is 10.8. The first-order valence-corrected chi connectivity index (χ1v) is 6.57. The molecule has 1 aromatic heterocycles. The van der Waals surface area contributed by atoms with Crippen molar-refractivity contribution in [2.75, 3.05) is 11.4 Å². The van der Waals surface area contributed by atoms with Gasteiger partial charge in [0.1, 0.15) is 0 Å². The summed E-state index contributed by atoms with van der Waals surface area (Å²) in [5, 5.41) is 8.55. The van der Waals surface area contributed by atoms with Gasteiger partial charge in [-0.2, -0.15) is 0 Å². The zero-order chi connectivity index (χ0) is 12.4. The summed E-state index contributed by atoms with van der Waals surface area (Å²) in [6.45, 7) is 0.979. The van der Waals surface area contributed by atoms with Crippen molar-refractivity contribution in [2.24, 2.45) is 0 Å². The molecule has 2 aromatic rings. The van der Waals surface area contributed by atoms with Crippen LogP contribution in [0.5, 0.6) is 0 Å². The van der Waals surface area contributed by atoms with Crippen molar-refractivity contribution in [1.82, 2.24) is 10.2 Å². The van der Waals surface area contributed by atoms with E-state index in [4.69, 9.17) is 11.6 Å². The minimum absolute atomic E-state index is 0.432. The molecular weight excluding hydrogens is 246 g/mol. The maximum absolute atomic E-state index is 5.79. The van der Waals surface area contributed by atoms with Crippen molar-refractivity contribution in [3.63, 3.8) is 0 Å². The van der Waals surface area contributed by atoms with Crippen molar-refractivity contribution in [1.29, 1.82) is 0 Å². The highest BCUT2D eigenvalue weighted by molar-refractivity contribution is 6.29. The molecule has 0 saturated heterocycles. The van der Waals surface area contributed by atoms with Crippen LogP contribution in [0.4, 0.5) is 11.5 Å². The number of benzene rings is 1. The molecule has 1 aliphatic rings. The Bertz CT molecular complexity index is 539. The number of hydrogen-bond acceptors (Lipinski definition) is 3. The van der Waals surface area contributed by atoms with Crippen molar-refractivity contribution < 1.29 is 0 Å². The molecule has 18 heavy (non-hydrogen) atoms. The predicted octanol–water partition coefficient (Wildman–Crippen LogP) is 3.60. The summed E-state index contributed by atoms with van der Waals surface area (Å²) in [5.41, 5.74) is 2.62. The Morgan fingerprint density at radius 1 is 1.00 bits per heavy atom. The van der Waals surface area contributed by atoms with Gasteiger partial charge in [-0.3, -0.25) is 0 Å². The summed E-state index contributed by atoms with van der Waals surface area (Å²) in [6, 6.07) is 12.2. The van der Waals surface area contributed by atoms with E-state index in [0.29, 0.717) is 5.15 Å². The first-order chi connectivity index (χ1) is 8.84. The molecule has 0 saturated carbocycles. The van der Waals surface area contributed by atoms with E-state index in [1.807, 2.05) is 6.07 Å². The molecule has 1 aliphatic heterocycles. The number of rotatable bonds is 1. The van der Waals surface area contributed by atoms with Gasteiger partial charge in [0.2, 0.25) is 0 Å². The van der Waals surface area contributed by atoms with Crippen LogP contribution in [0.15, 0.2) is 36.4 Å². The van der Waals surface area contributed by atoms with E-state index in [2.05, 4.69) is 39.4 Å². The molecule has 0 amide bonds. The number of anilines is 2. The lowest BCUT2D eigenvalue weighted by molar-refractivity contribution is 0.754. The molecule has 0 radical (unpaired) electrons. The first kappa shape index (κ1) is 11.5. The lowest BCUT2D eigenvalue weighted by Gasteiger charge is -2.23. The van der Waals surface area contributed by atoms with Gasteiger partial charge in [0.15, 0.2) is 11.0 Å². The second-order valence-corrected chi connectivity index (χ2v) is 4.84. The molecule has 92 valence electrons. The topological polar surface area (TPSA) is 29.0 Å². The molecule has 0 aliphatic carbocycles. The molecule has 2 heterocycles.